The minimum atomic E-state index is -5.70. The molecule has 1 N–H and O–H groups in total. The van der Waals surface area contributed by atoms with Gasteiger partial charge in [0.1, 0.15) is 4.90 Å². The highest BCUT2D eigenvalue weighted by Crippen LogP contribution is 2.61. The average Bonchev–Trinajstić information content (AvgIpc) is 3.15. The van der Waals surface area contributed by atoms with Crippen molar-refractivity contribution in [1.29, 1.82) is 0 Å². The second kappa shape index (κ2) is 15.0. The van der Waals surface area contributed by atoms with Gasteiger partial charge in [-0.2, -0.15) is 21.2 Å². The number of carbonyl (C=O) groups excluding carboxylic acids is 1. The third-order valence-electron chi connectivity index (χ3n) is 14.0. The molecule has 4 bridgehead atoms. The summed E-state index contributed by atoms with van der Waals surface area (Å²) in [5.74, 6) is -13.7. The summed E-state index contributed by atoms with van der Waals surface area (Å²) in [6, 6.07) is 4.40. The summed E-state index contributed by atoms with van der Waals surface area (Å²) in [6.45, 7) is 0. The minimum absolute atomic E-state index is 0.0175. The van der Waals surface area contributed by atoms with Crippen LogP contribution in [0.5, 0.6) is 5.75 Å². The Morgan fingerprint density at radius 2 is 1.13 bits per heavy atom. The lowest BCUT2D eigenvalue weighted by atomic mass is 9.50. The molecule has 7 fully saturated rings. The molecule has 0 amide bonds. The van der Waals surface area contributed by atoms with E-state index in [4.69, 9.17) is 8.92 Å². The number of hydrogen-bond donors (Lipinski definition) is 1. The van der Waals surface area contributed by atoms with Crippen molar-refractivity contribution in [3.8, 4) is 5.75 Å². The van der Waals surface area contributed by atoms with E-state index in [-0.39, 0.29) is 30.6 Å². The Bertz CT molecular complexity index is 2000. The van der Waals surface area contributed by atoms with E-state index in [1.807, 2.05) is 0 Å². The highest BCUT2D eigenvalue weighted by atomic mass is 32.2. The quantitative estimate of drug-likeness (QED) is 0.0505. The normalized spacial score (nSPS) is 29.5. The average molecular weight is 811 g/mol. The van der Waals surface area contributed by atoms with Gasteiger partial charge >= 0.3 is 16.1 Å². The van der Waals surface area contributed by atoms with Crippen molar-refractivity contribution in [2.45, 2.75) is 162 Å². The minimum Gasteiger partial charge on any atom is -0.420 e. The van der Waals surface area contributed by atoms with Crippen LogP contribution in [0.4, 0.5) is 17.6 Å². The van der Waals surface area contributed by atoms with Crippen molar-refractivity contribution < 1.29 is 52.7 Å². The van der Waals surface area contributed by atoms with Crippen LogP contribution in [0, 0.1) is 46.9 Å². The summed E-state index contributed by atoms with van der Waals surface area (Å²) in [7, 11) is -10.0. The Morgan fingerprint density at radius 1 is 0.636 bits per heavy atom. The molecular weight excluding hydrogens is 761 g/mol. The van der Waals surface area contributed by atoms with Crippen LogP contribution in [0.2, 0.25) is 0 Å². The van der Waals surface area contributed by atoms with Crippen molar-refractivity contribution in [3.05, 3.63) is 52.1 Å². The fourth-order valence-electron chi connectivity index (χ4n) is 11.9. The fourth-order valence-corrected chi connectivity index (χ4v) is 14.3. The van der Waals surface area contributed by atoms with Gasteiger partial charge in [0.15, 0.2) is 22.3 Å². The second-order valence-electron chi connectivity index (χ2n) is 17.6. The third-order valence-corrected chi connectivity index (χ3v) is 16.4. The van der Waals surface area contributed by atoms with Gasteiger partial charge in [0.2, 0.25) is 11.6 Å². The third kappa shape index (κ3) is 7.39. The van der Waals surface area contributed by atoms with Gasteiger partial charge in [-0.3, -0.25) is 13.5 Å². The molecule has 0 saturated heterocycles. The van der Waals surface area contributed by atoms with Gasteiger partial charge in [-0.25, -0.2) is 13.2 Å². The van der Waals surface area contributed by atoms with E-state index in [1.165, 1.54) is 24.8 Å². The molecule has 0 heterocycles. The smallest absolute Gasteiger partial charge is 0.315 e. The molecule has 2 aromatic carbocycles. The summed E-state index contributed by atoms with van der Waals surface area (Å²) < 4.78 is 133. The van der Waals surface area contributed by atoms with E-state index in [0.29, 0.717) is 30.1 Å². The SMILES string of the molecule is O=C(Oc1c(F)c(F)c(F)c(S(=O)(=O)O)c1F)C1C2CC3CC1CC(OS(=O)(=O)c1c(C4CCCCC4)cc(C4CCCCC4)cc1C1CCCCC1)(C3)C2. The molecule has 302 valence electrons. The molecule has 55 heavy (non-hydrogen) atoms. The lowest BCUT2D eigenvalue weighted by molar-refractivity contribution is -0.168. The molecule has 9 rings (SSSR count). The lowest BCUT2D eigenvalue weighted by Crippen LogP contribution is -2.58. The molecule has 8 nitrogen and oxygen atoms in total. The molecule has 0 spiro atoms. The molecule has 0 aromatic heterocycles. The van der Waals surface area contributed by atoms with Crippen LogP contribution in [0.15, 0.2) is 21.9 Å². The molecule has 7 aliphatic carbocycles. The van der Waals surface area contributed by atoms with Crippen molar-refractivity contribution in [2.75, 3.05) is 0 Å². The predicted octanol–water partition coefficient (Wildman–Crippen LogP) is 10.1. The second-order valence-corrected chi connectivity index (χ2v) is 20.4. The predicted molar refractivity (Wildman–Crippen MR) is 194 cm³/mol. The standard InChI is InChI=1S/C41H50F4O8S2/c42-33-34(43)37(36(45)39(35(33)44)54(47,48)49)52-40(46)32-28-16-23-17-29(32)22-41(20-23,21-28)53-55(50,51)38-30(25-12-6-2-7-13-25)18-27(24-10-4-1-5-11-24)19-31(38)26-14-8-3-9-15-26/h18-19,23-26,28-29,32H,1-17,20-22H2,(H,47,48,49). The van der Waals surface area contributed by atoms with E-state index >= 15 is 12.8 Å². The van der Waals surface area contributed by atoms with Crippen molar-refractivity contribution in [3.63, 3.8) is 0 Å². The Hall–Kier alpha value is -2.55. The Balaban J connectivity index is 1.12. The van der Waals surface area contributed by atoms with E-state index in [9.17, 15) is 30.9 Å². The van der Waals surface area contributed by atoms with Crippen LogP contribution >= 0.6 is 0 Å². The van der Waals surface area contributed by atoms with Crippen molar-refractivity contribution in [1.82, 2.24) is 0 Å². The Kier molecular flexibility index (Phi) is 10.7. The van der Waals surface area contributed by atoms with E-state index in [0.717, 1.165) is 88.2 Å². The first kappa shape index (κ1) is 39.3. The molecule has 0 aliphatic heterocycles. The van der Waals surface area contributed by atoms with Gasteiger partial charge in [-0.05, 0) is 123 Å². The summed E-state index contributed by atoms with van der Waals surface area (Å²) in [5.41, 5.74) is 1.94. The largest absolute Gasteiger partial charge is 0.420 e. The number of halogens is 4. The number of rotatable bonds is 9. The molecular formula is C41H50F4O8S2. The molecule has 14 heteroatoms. The van der Waals surface area contributed by atoms with Crippen molar-refractivity contribution >= 4 is 26.2 Å². The number of esters is 1. The summed E-state index contributed by atoms with van der Waals surface area (Å²) in [6.07, 6.45) is 17.7. The molecule has 2 aromatic rings. The van der Waals surface area contributed by atoms with E-state index < -0.39 is 83.5 Å². The lowest BCUT2D eigenvalue weighted by Gasteiger charge is -2.58. The molecule has 2 unspecified atom stereocenters. The highest BCUT2D eigenvalue weighted by Gasteiger charge is 2.60. The Labute approximate surface area is 321 Å². The summed E-state index contributed by atoms with van der Waals surface area (Å²) >= 11 is 0. The number of hydrogen-bond acceptors (Lipinski definition) is 7. The van der Waals surface area contributed by atoms with Gasteiger partial charge in [-0.15, -0.1) is 0 Å². The van der Waals surface area contributed by atoms with Gasteiger partial charge in [0.05, 0.1) is 11.5 Å². The van der Waals surface area contributed by atoms with E-state index in [1.54, 1.807) is 0 Å². The number of benzene rings is 2. The van der Waals surface area contributed by atoms with Gasteiger partial charge in [0.25, 0.3) is 10.1 Å². The summed E-state index contributed by atoms with van der Waals surface area (Å²) in [4.78, 5) is 11.8. The zero-order chi connectivity index (χ0) is 38.9. The van der Waals surface area contributed by atoms with Crippen LogP contribution in [0.25, 0.3) is 0 Å². The first-order valence-corrected chi connectivity index (χ1v) is 23.2. The maximum absolute atomic E-state index is 15.1. The zero-order valence-corrected chi connectivity index (χ0v) is 32.6. The summed E-state index contributed by atoms with van der Waals surface area (Å²) in [5, 5.41) is 0. The molecule has 0 radical (unpaired) electrons. The van der Waals surface area contributed by atoms with Gasteiger partial charge < -0.3 is 4.74 Å². The molecule has 7 aliphatic rings. The van der Waals surface area contributed by atoms with Crippen molar-refractivity contribution in [2.24, 2.45) is 23.7 Å². The number of ether oxygens (including phenoxy) is 1. The van der Waals surface area contributed by atoms with Crippen LogP contribution in [-0.2, 0) is 29.2 Å². The maximum Gasteiger partial charge on any atom is 0.315 e. The first-order chi connectivity index (χ1) is 26.2. The molecule has 7 saturated carbocycles. The zero-order valence-electron chi connectivity index (χ0n) is 31.0. The van der Waals surface area contributed by atoms with Crippen LogP contribution in [0.1, 0.15) is 163 Å². The van der Waals surface area contributed by atoms with E-state index in [2.05, 4.69) is 12.1 Å². The highest BCUT2D eigenvalue weighted by molar-refractivity contribution is 7.87. The Morgan fingerprint density at radius 3 is 1.62 bits per heavy atom. The fraction of sp³-hybridized carbons (Fsp3) is 0.683. The van der Waals surface area contributed by atoms with Gasteiger partial charge in [-0.1, -0.05) is 69.9 Å². The number of carbonyl (C=O) groups is 1. The topological polar surface area (TPSA) is 124 Å². The van der Waals surface area contributed by atoms with Crippen LogP contribution in [-0.4, -0.2) is 33.0 Å². The van der Waals surface area contributed by atoms with Gasteiger partial charge in [0, 0.05) is 0 Å². The first-order valence-electron chi connectivity index (χ1n) is 20.3. The van der Waals surface area contributed by atoms with Crippen LogP contribution < -0.4 is 4.74 Å². The monoisotopic (exact) mass is 810 g/mol. The molecule has 2 atom stereocenters. The maximum atomic E-state index is 15.1. The van der Waals surface area contributed by atoms with Crippen LogP contribution in [0.3, 0.4) is 0 Å².